The number of rotatable bonds is 4. The molecule has 4 nitrogen and oxygen atoms in total. The second-order valence-corrected chi connectivity index (χ2v) is 8.73. The van der Waals surface area contributed by atoms with Gasteiger partial charge in [-0.1, -0.05) is 54.6 Å². The second kappa shape index (κ2) is 7.58. The largest absolute Gasteiger partial charge is 0.481 e. The molecule has 0 aliphatic carbocycles. The summed E-state index contributed by atoms with van der Waals surface area (Å²) in [6.45, 7) is 1.44. The molecule has 5 rings (SSSR count). The van der Waals surface area contributed by atoms with Gasteiger partial charge in [0.2, 0.25) is 0 Å². The molecule has 0 amide bonds. The van der Waals surface area contributed by atoms with Crippen molar-refractivity contribution in [3.05, 3.63) is 77.3 Å². The zero-order valence-corrected chi connectivity index (χ0v) is 16.8. The summed E-state index contributed by atoms with van der Waals surface area (Å²) < 4.78 is 1.17. The summed E-state index contributed by atoms with van der Waals surface area (Å²) in [4.78, 5) is 19.0. The number of piperidine rings is 1. The van der Waals surface area contributed by atoms with E-state index in [1.807, 2.05) is 18.2 Å². The van der Waals surface area contributed by atoms with E-state index >= 15 is 0 Å². The van der Waals surface area contributed by atoms with Crippen molar-refractivity contribution in [1.82, 2.24) is 9.88 Å². The molecule has 2 heterocycles. The molecular weight excluding hydrogens is 380 g/mol. The van der Waals surface area contributed by atoms with Gasteiger partial charge in [-0.3, -0.25) is 9.69 Å². The van der Waals surface area contributed by atoms with E-state index in [4.69, 9.17) is 4.98 Å². The Morgan fingerprint density at radius 3 is 2.72 bits per heavy atom. The lowest BCUT2D eigenvalue weighted by Crippen LogP contribution is -2.41. The number of carbonyl (C=O) groups is 1. The molecule has 0 bridgehead atoms. The van der Waals surface area contributed by atoms with Crippen molar-refractivity contribution in [2.45, 2.75) is 18.9 Å². The Morgan fingerprint density at radius 2 is 1.86 bits per heavy atom. The van der Waals surface area contributed by atoms with Crippen LogP contribution in [0.2, 0.25) is 0 Å². The first-order valence-corrected chi connectivity index (χ1v) is 10.8. The second-order valence-electron chi connectivity index (χ2n) is 7.66. The molecule has 2 atom stereocenters. The molecule has 1 aliphatic rings. The first kappa shape index (κ1) is 18.3. The molecule has 1 aromatic heterocycles. The summed E-state index contributed by atoms with van der Waals surface area (Å²) in [6, 6.07) is 23.0. The number of aliphatic carboxylic acids is 1. The molecule has 0 saturated carbocycles. The van der Waals surface area contributed by atoms with Crippen molar-refractivity contribution in [3.63, 3.8) is 0 Å². The first-order chi connectivity index (χ1) is 14.2. The lowest BCUT2D eigenvalue weighted by atomic mass is 9.93. The highest BCUT2D eigenvalue weighted by Gasteiger charge is 2.33. The molecule has 1 saturated heterocycles. The molecule has 0 spiro atoms. The Kier molecular flexibility index (Phi) is 4.78. The van der Waals surface area contributed by atoms with Crippen molar-refractivity contribution in [3.8, 4) is 0 Å². The average Bonchev–Trinajstić information content (AvgIpc) is 3.18. The molecule has 146 valence electrons. The van der Waals surface area contributed by atoms with Gasteiger partial charge in [-0.25, -0.2) is 4.98 Å². The van der Waals surface area contributed by atoms with Crippen LogP contribution in [0.15, 0.2) is 66.7 Å². The number of hydrogen-bond donors (Lipinski definition) is 1. The average molecular weight is 403 g/mol. The fraction of sp³-hybridized carbons (Fsp3) is 0.250. The van der Waals surface area contributed by atoms with Gasteiger partial charge in [0, 0.05) is 6.54 Å². The maximum Gasteiger partial charge on any atom is 0.307 e. The number of nitrogens with zero attached hydrogens (tertiary/aromatic N) is 2. The number of benzene rings is 3. The van der Waals surface area contributed by atoms with Crippen LogP contribution in [0.1, 0.15) is 29.5 Å². The Labute approximate surface area is 173 Å². The molecule has 4 aromatic rings. The van der Waals surface area contributed by atoms with E-state index in [9.17, 15) is 9.90 Å². The number of para-hydroxylation sites is 1. The van der Waals surface area contributed by atoms with Crippen LogP contribution in [0.4, 0.5) is 0 Å². The maximum atomic E-state index is 11.7. The Morgan fingerprint density at radius 1 is 1.07 bits per heavy atom. The minimum absolute atomic E-state index is 0.0411. The summed E-state index contributed by atoms with van der Waals surface area (Å²) in [6.07, 6.45) is 1.64. The molecule has 29 heavy (non-hydrogen) atoms. The predicted molar refractivity (Wildman–Crippen MR) is 117 cm³/mol. The van der Waals surface area contributed by atoms with Crippen molar-refractivity contribution in [1.29, 1.82) is 0 Å². The van der Waals surface area contributed by atoms with Crippen LogP contribution < -0.4 is 0 Å². The highest BCUT2D eigenvalue weighted by Crippen LogP contribution is 2.39. The van der Waals surface area contributed by atoms with Crippen LogP contribution in [0.3, 0.4) is 0 Å². The van der Waals surface area contributed by atoms with E-state index in [1.54, 1.807) is 11.3 Å². The van der Waals surface area contributed by atoms with Gasteiger partial charge in [-0.05, 0) is 47.9 Å². The van der Waals surface area contributed by atoms with Crippen LogP contribution in [0.5, 0.6) is 0 Å². The predicted octanol–water partition coefficient (Wildman–Crippen LogP) is 5.34. The van der Waals surface area contributed by atoms with Gasteiger partial charge in [-0.2, -0.15) is 0 Å². The standard InChI is InChI=1S/C24H22N2O2S/c27-24(28)17-9-6-14-26(15-17)22(23-25-20-12-3-4-13-21(20)29-23)19-11-5-8-16-7-1-2-10-18(16)19/h1-5,7-8,10-13,17,22H,6,9,14-15H2,(H,27,28). The minimum atomic E-state index is -0.698. The molecule has 1 aliphatic heterocycles. The zero-order valence-electron chi connectivity index (χ0n) is 16.0. The lowest BCUT2D eigenvalue weighted by Gasteiger charge is -2.36. The van der Waals surface area contributed by atoms with E-state index in [2.05, 4.69) is 53.4 Å². The molecule has 1 N–H and O–H groups in total. The van der Waals surface area contributed by atoms with Crippen LogP contribution in [-0.4, -0.2) is 34.0 Å². The third-order valence-electron chi connectivity index (χ3n) is 5.83. The number of carboxylic acids is 1. The fourth-order valence-corrected chi connectivity index (χ4v) is 5.55. The topological polar surface area (TPSA) is 53.4 Å². The van der Waals surface area contributed by atoms with Crippen LogP contribution in [0.25, 0.3) is 21.0 Å². The molecule has 5 heteroatoms. The van der Waals surface area contributed by atoms with Gasteiger partial charge in [0.1, 0.15) is 5.01 Å². The molecule has 1 fully saturated rings. The van der Waals surface area contributed by atoms with Gasteiger partial charge in [0.25, 0.3) is 0 Å². The van der Waals surface area contributed by atoms with Gasteiger partial charge >= 0.3 is 5.97 Å². The van der Waals surface area contributed by atoms with E-state index < -0.39 is 5.97 Å². The Hall–Kier alpha value is -2.76. The number of carboxylic acid groups (broad SMARTS) is 1. The van der Waals surface area contributed by atoms with Crippen molar-refractivity contribution in [2.75, 3.05) is 13.1 Å². The number of fused-ring (bicyclic) bond motifs is 2. The van der Waals surface area contributed by atoms with E-state index in [1.165, 1.54) is 21.0 Å². The fourth-order valence-electron chi connectivity index (χ4n) is 4.42. The normalized spacial score (nSPS) is 18.8. The lowest BCUT2D eigenvalue weighted by molar-refractivity contribution is -0.143. The van der Waals surface area contributed by atoms with Crippen molar-refractivity contribution < 1.29 is 9.90 Å². The number of thiazole rings is 1. The van der Waals surface area contributed by atoms with Crippen LogP contribution in [0, 0.1) is 5.92 Å². The highest BCUT2D eigenvalue weighted by atomic mass is 32.1. The van der Waals surface area contributed by atoms with Crippen molar-refractivity contribution in [2.24, 2.45) is 5.92 Å². The van der Waals surface area contributed by atoms with E-state index in [-0.39, 0.29) is 12.0 Å². The van der Waals surface area contributed by atoms with Gasteiger partial charge in [0.15, 0.2) is 0 Å². The highest BCUT2D eigenvalue weighted by molar-refractivity contribution is 7.18. The molecular formula is C24H22N2O2S. The van der Waals surface area contributed by atoms with Gasteiger partial charge in [0.05, 0.1) is 22.2 Å². The van der Waals surface area contributed by atoms with Gasteiger partial charge in [-0.15, -0.1) is 11.3 Å². The molecule has 0 radical (unpaired) electrons. The summed E-state index contributed by atoms with van der Waals surface area (Å²) in [5.74, 6) is -1.02. The molecule has 2 unspecified atom stereocenters. The number of aromatic nitrogens is 1. The van der Waals surface area contributed by atoms with Gasteiger partial charge < -0.3 is 5.11 Å². The smallest absolute Gasteiger partial charge is 0.307 e. The Bertz CT molecular complexity index is 1150. The van der Waals surface area contributed by atoms with Crippen molar-refractivity contribution >= 4 is 38.3 Å². The van der Waals surface area contributed by atoms with E-state index in [0.717, 1.165) is 29.9 Å². The third kappa shape index (κ3) is 3.41. The number of hydrogen-bond acceptors (Lipinski definition) is 4. The third-order valence-corrected chi connectivity index (χ3v) is 6.92. The SMILES string of the molecule is O=C(O)C1CCCN(C(c2nc3ccccc3s2)c2cccc3ccccc23)C1. The summed E-state index contributed by atoms with van der Waals surface area (Å²) in [7, 11) is 0. The molecule has 3 aromatic carbocycles. The zero-order chi connectivity index (χ0) is 19.8. The van der Waals surface area contributed by atoms with Crippen LogP contribution in [-0.2, 0) is 4.79 Å². The quantitative estimate of drug-likeness (QED) is 0.501. The minimum Gasteiger partial charge on any atom is -0.481 e. The van der Waals surface area contributed by atoms with Crippen LogP contribution >= 0.6 is 11.3 Å². The van der Waals surface area contributed by atoms with E-state index in [0.29, 0.717) is 6.54 Å². The summed E-state index contributed by atoms with van der Waals surface area (Å²) in [5.41, 5.74) is 2.21. The number of likely N-dealkylation sites (tertiary alicyclic amines) is 1. The monoisotopic (exact) mass is 402 g/mol. The first-order valence-electron chi connectivity index (χ1n) is 10.0. The maximum absolute atomic E-state index is 11.7. The summed E-state index contributed by atoms with van der Waals surface area (Å²) >= 11 is 1.71. The summed E-state index contributed by atoms with van der Waals surface area (Å²) in [5, 5.41) is 13.1. The Balaban J connectivity index is 1.67.